The van der Waals surface area contributed by atoms with E-state index in [-0.39, 0.29) is 30.5 Å². The lowest BCUT2D eigenvalue weighted by Gasteiger charge is -2.12. The molecule has 3 aromatic rings. The van der Waals surface area contributed by atoms with Gasteiger partial charge in [0.05, 0.1) is 20.0 Å². The number of halogens is 4. The van der Waals surface area contributed by atoms with E-state index in [1.165, 1.54) is 42.5 Å². The highest BCUT2D eigenvalue weighted by molar-refractivity contribution is 7.93. The lowest BCUT2D eigenvalue weighted by Crippen LogP contribution is -2.15. The zero-order valence-corrected chi connectivity index (χ0v) is 19.4. The fraction of sp³-hybridized carbons (Fsp3) is 0. The first-order chi connectivity index (χ1) is 14.0. The maximum atomic E-state index is 12.6. The van der Waals surface area contributed by atoms with E-state index in [9.17, 15) is 16.8 Å². The Morgan fingerprint density at radius 3 is 1.60 bits per heavy atom. The van der Waals surface area contributed by atoms with Gasteiger partial charge in [-0.1, -0.05) is 46.4 Å². The van der Waals surface area contributed by atoms with Gasteiger partial charge in [0.15, 0.2) is 0 Å². The summed E-state index contributed by atoms with van der Waals surface area (Å²) in [7, 11) is -7.97. The largest absolute Gasteiger partial charge is 0.280 e. The Morgan fingerprint density at radius 2 is 1.03 bits per heavy atom. The van der Waals surface area contributed by atoms with E-state index in [1.807, 2.05) is 0 Å². The molecular weight excluding hydrogens is 514 g/mol. The van der Waals surface area contributed by atoms with Crippen molar-refractivity contribution in [3.8, 4) is 0 Å². The third-order valence-electron chi connectivity index (χ3n) is 3.78. The average molecular weight is 526 g/mol. The minimum Gasteiger partial charge on any atom is -0.280 e. The molecule has 30 heavy (non-hydrogen) atoms. The summed E-state index contributed by atoms with van der Waals surface area (Å²) in [6, 6.07) is 13.6. The minimum absolute atomic E-state index is 0.0242. The van der Waals surface area contributed by atoms with Gasteiger partial charge in [-0.2, -0.15) is 0 Å². The van der Waals surface area contributed by atoms with Gasteiger partial charge in [0.2, 0.25) is 0 Å². The third-order valence-corrected chi connectivity index (χ3v) is 7.99. The Hall–Kier alpha value is -1.68. The van der Waals surface area contributed by atoms with Crippen molar-refractivity contribution < 1.29 is 16.8 Å². The number of benzene rings is 3. The van der Waals surface area contributed by atoms with Gasteiger partial charge in [0.1, 0.15) is 4.90 Å². The van der Waals surface area contributed by atoms with Gasteiger partial charge in [-0.05, 0) is 60.7 Å². The normalized spacial score (nSPS) is 11.9. The van der Waals surface area contributed by atoms with Crippen LogP contribution in [0, 0.1) is 0 Å². The van der Waals surface area contributed by atoms with Crippen LogP contribution in [0.1, 0.15) is 0 Å². The number of hydrogen-bond donors (Lipinski definition) is 2. The predicted octanol–water partition coefficient (Wildman–Crippen LogP) is 5.90. The van der Waals surface area contributed by atoms with Gasteiger partial charge in [-0.3, -0.25) is 9.44 Å². The molecular formula is C18H12Cl4N2O4S2. The van der Waals surface area contributed by atoms with Crippen molar-refractivity contribution in [1.29, 1.82) is 0 Å². The Balaban J connectivity index is 1.81. The number of sulfonamides is 2. The molecule has 0 fully saturated rings. The van der Waals surface area contributed by atoms with Crippen LogP contribution in [0.2, 0.25) is 20.1 Å². The van der Waals surface area contributed by atoms with Crippen molar-refractivity contribution >= 4 is 77.8 Å². The van der Waals surface area contributed by atoms with E-state index in [4.69, 9.17) is 46.4 Å². The molecule has 0 heterocycles. The molecule has 3 rings (SSSR count). The van der Waals surface area contributed by atoms with Gasteiger partial charge in [0, 0.05) is 16.4 Å². The van der Waals surface area contributed by atoms with Crippen LogP contribution < -0.4 is 9.44 Å². The molecule has 6 nitrogen and oxygen atoms in total. The summed E-state index contributed by atoms with van der Waals surface area (Å²) < 4.78 is 54.9. The summed E-state index contributed by atoms with van der Waals surface area (Å²) in [5.74, 6) is 0. The van der Waals surface area contributed by atoms with Crippen molar-refractivity contribution in [2.24, 2.45) is 0 Å². The van der Waals surface area contributed by atoms with Crippen molar-refractivity contribution in [3.63, 3.8) is 0 Å². The molecule has 0 bridgehead atoms. The smallest absolute Gasteiger partial charge is 0.263 e. The maximum absolute atomic E-state index is 12.6. The zero-order chi connectivity index (χ0) is 22.1. The first-order valence-corrected chi connectivity index (χ1v) is 12.5. The second-order valence-electron chi connectivity index (χ2n) is 5.94. The molecule has 12 heteroatoms. The van der Waals surface area contributed by atoms with Gasteiger partial charge in [-0.25, -0.2) is 16.8 Å². The van der Waals surface area contributed by atoms with Crippen LogP contribution in [0.3, 0.4) is 0 Å². The Morgan fingerprint density at radius 1 is 0.567 bits per heavy atom. The fourth-order valence-corrected chi connectivity index (χ4v) is 5.60. The minimum atomic E-state index is -4.09. The molecule has 0 spiro atoms. The maximum Gasteiger partial charge on any atom is 0.263 e. The second-order valence-corrected chi connectivity index (χ2v) is 10.9. The number of rotatable bonds is 6. The fourth-order valence-electron chi connectivity index (χ4n) is 2.35. The first kappa shape index (κ1) is 23.0. The van der Waals surface area contributed by atoms with Gasteiger partial charge >= 0.3 is 0 Å². The van der Waals surface area contributed by atoms with Crippen LogP contribution in [0.15, 0.2) is 70.5 Å². The lowest BCUT2D eigenvalue weighted by atomic mass is 10.3. The molecule has 3 aromatic carbocycles. The quantitative estimate of drug-likeness (QED) is 0.392. The Labute approximate surface area is 193 Å². The molecule has 0 amide bonds. The number of nitrogens with one attached hydrogen (secondary N) is 2. The SMILES string of the molecule is O=S(=O)(Nc1ccc(Cl)cc1)c1ccc(NS(=O)(=O)c2cc(Cl)c(Cl)cc2Cl)cc1. The van der Waals surface area contributed by atoms with E-state index in [0.29, 0.717) is 10.7 Å². The summed E-state index contributed by atoms with van der Waals surface area (Å²) in [6.45, 7) is 0. The van der Waals surface area contributed by atoms with Crippen LogP contribution in [0.4, 0.5) is 11.4 Å². The highest BCUT2D eigenvalue weighted by Crippen LogP contribution is 2.32. The monoisotopic (exact) mass is 524 g/mol. The summed E-state index contributed by atoms with van der Waals surface area (Å²) in [6.07, 6.45) is 0. The van der Waals surface area contributed by atoms with Crippen molar-refractivity contribution in [1.82, 2.24) is 0 Å². The molecule has 0 saturated heterocycles. The molecule has 158 valence electrons. The first-order valence-electron chi connectivity index (χ1n) is 8.04. The van der Waals surface area contributed by atoms with Gasteiger partial charge in [-0.15, -0.1) is 0 Å². The van der Waals surface area contributed by atoms with E-state index in [2.05, 4.69) is 9.44 Å². The zero-order valence-electron chi connectivity index (χ0n) is 14.7. The van der Waals surface area contributed by atoms with Gasteiger partial charge < -0.3 is 0 Å². The molecule has 0 aliphatic heterocycles. The summed E-state index contributed by atoms with van der Waals surface area (Å²) in [5.41, 5.74) is 0.459. The molecule has 0 atom stereocenters. The topological polar surface area (TPSA) is 92.3 Å². The summed E-state index contributed by atoms with van der Waals surface area (Å²) in [5, 5.41) is 0.499. The number of hydrogen-bond acceptors (Lipinski definition) is 4. The number of anilines is 2. The Bertz CT molecular complexity index is 1300. The summed E-state index contributed by atoms with van der Waals surface area (Å²) in [4.78, 5) is -0.326. The van der Waals surface area contributed by atoms with Crippen molar-refractivity contribution in [3.05, 3.63) is 80.8 Å². The van der Waals surface area contributed by atoms with Crippen LogP contribution in [0.25, 0.3) is 0 Å². The highest BCUT2D eigenvalue weighted by atomic mass is 35.5. The van der Waals surface area contributed by atoms with E-state index >= 15 is 0 Å². The molecule has 0 saturated carbocycles. The van der Waals surface area contributed by atoms with E-state index < -0.39 is 20.0 Å². The molecule has 0 unspecified atom stereocenters. The molecule has 0 aliphatic carbocycles. The molecule has 0 aliphatic rings. The molecule has 0 radical (unpaired) electrons. The van der Waals surface area contributed by atoms with Gasteiger partial charge in [0.25, 0.3) is 20.0 Å². The third kappa shape index (κ3) is 5.32. The Kier molecular flexibility index (Phi) is 6.76. The van der Waals surface area contributed by atoms with Crippen molar-refractivity contribution in [2.45, 2.75) is 9.79 Å². The summed E-state index contributed by atoms with van der Waals surface area (Å²) >= 11 is 23.4. The average Bonchev–Trinajstić information content (AvgIpc) is 2.66. The van der Waals surface area contributed by atoms with Crippen LogP contribution in [0.5, 0.6) is 0 Å². The van der Waals surface area contributed by atoms with Crippen molar-refractivity contribution in [2.75, 3.05) is 9.44 Å². The molecule has 2 N–H and O–H groups in total. The van der Waals surface area contributed by atoms with Crippen LogP contribution in [-0.4, -0.2) is 16.8 Å². The van der Waals surface area contributed by atoms with Crippen LogP contribution in [-0.2, 0) is 20.0 Å². The lowest BCUT2D eigenvalue weighted by molar-refractivity contribution is 0.600. The standard InChI is InChI=1S/C18H12Cl4N2O4S2/c19-11-1-3-12(4-2-11)23-29(25,26)14-7-5-13(6-8-14)24-30(27,28)18-10-16(21)15(20)9-17(18)22/h1-10,23-24H. The van der Waals surface area contributed by atoms with E-state index in [1.54, 1.807) is 12.1 Å². The molecule has 0 aromatic heterocycles. The second kappa shape index (κ2) is 8.82. The van der Waals surface area contributed by atoms with Crippen LogP contribution >= 0.6 is 46.4 Å². The predicted molar refractivity (Wildman–Crippen MR) is 121 cm³/mol. The van der Waals surface area contributed by atoms with E-state index in [0.717, 1.165) is 6.07 Å². The highest BCUT2D eigenvalue weighted by Gasteiger charge is 2.21.